The number of aryl methyl sites for hydroxylation is 1. The zero-order valence-electron chi connectivity index (χ0n) is 21.3. The molecule has 0 spiro atoms. The number of nitro groups is 1. The monoisotopic (exact) mass is 500 g/mol. The number of amides is 1. The van der Waals surface area contributed by atoms with Gasteiger partial charge in [0.1, 0.15) is 23.6 Å². The standard InChI is InChI=1S/C27H28N6O4/c1-16(21-11-22(33(35)36)15-28-14-21)29-27-23-12-19(6-8-24(23)30-17(2)31-27)18-7-9-25(37-5)20(10-18)13-26(34)32(3)4/h6-12,14-16H,13H2,1-5H3,(H,29,30,31)/t16-/m1/s1. The Balaban J connectivity index is 1.73. The van der Waals surface area contributed by atoms with Gasteiger partial charge in [-0.1, -0.05) is 12.1 Å². The number of nitrogens with one attached hydrogen (secondary N) is 1. The number of hydrogen-bond acceptors (Lipinski definition) is 8. The highest BCUT2D eigenvalue weighted by Gasteiger charge is 2.16. The van der Waals surface area contributed by atoms with Gasteiger partial charge in [-0.3, -0.25) is 19.9 Å². The van der Waals surface area contributed by atoms with Crippen LogP contribution in [0.5, 0.6) is 5.75 Å². The smallest absolute Gasteiger partial charge is 0.287 e. The van der Waals surface area contributed by atoms with E-state index >= 15 is 0 Å². The number of benzene rings is 2. The molecule has 10 heteroatoms. The topological polar surface area (TPSA) is 123 Å². The molecule has 0 saturated carbocycles. The van der Waals surface area contributed by atoms with E-state index in [0.29, 0.717) is 23.0 Å². The highest BCUT2D eigenvalue weighted by atomic mass is 16.6. The lowest BCUT2D eigenvalue weighted by molar-refractivity contribution is -0.385. The van der Waals surface area contributed by atoms with Gasteiger partial charge in [0, 0.05) is 37.3 Å². The summed E-state index contributed by atoms with van der Waals surface area (Å²) in [4.78, 5) is 37.8. The molecule has 0 bridgehead atoms. The molecule has 1 N–H and O–H groups in total. The van der Waals surface area contributed by atoms with Crippen molar-refractivity contribution in [3.05, 3.63) is 81.9 Å². The van der Waals surface area contributed by atoms with Crippen molar-refractivity contribution in [2.75, 3.05) is 26.5 Å². The van der Waals surface area contributed by atoms with Gasteiger partial charge in [-0.15, -0.1) is 0 Å². The molecule has 2 aromatic carbocycles. The Bertz CT molecular complexity index is 1490. The van der Waals surface area contributed by atoms with Crippen LogP contribution in [-0.2, 0) is 11.2 Å². The van der Waals surface area contributed by atoms with E-state index in [2.05, 4.69) is 20.3 Å². The van der Waals surface area contributed by atoms with Crippen molar-refractivity contribution in [3.8, 4) is 16.9 Å². The summed E-state index contributed by atoms with van der Waals surface area (Å²) in [5.41, 5.74) is 4.00. The first-order valence-electron chi connectivity index (χ1n) is 11.7. The maximum Gasteiger partial charge on any atom is 0.287 e. The highest BCUT2D eigenvalue weighted by Crippen LogP contribution is 2.32. The van der Waals surface area contributed by atoms with Gasteiger partial charge in [0.15, 0.2) is 0 Å². The van der Waals surface area contributed by atoms with Gasteiger partial charge in [-0.05, 0) is 54.8 Å². The van der Waals surface area contributed by atoms with E-state index < -0.39 is 4.92 Å². The van der Waals surface area contributed by atoms with Crippen LogP contribution in [0.25, 0.3) is 22.0 Å². The molecule has 190 valence electrons. The van der Waals surface area contributed by atoms with E-state index in [-0.39, 0.29) is 24.1 Å². The molecule has 2 heterocycles. The molecule has 1 atom stereocenters. The third-order valence-corrected chi connectivity index (χ3v) is 6.07. The molecule has 4 rings (SSSR count). The third kappa shape index (κ3) is 5.64. The molecule has 0 fully saturated rings. The molecule has 0 unspecified atom stereocenters. The fourth-order valence-electron chi connectivity index (χ4n) is 4.02. The number of carbonyl (C=O) groups excluding carboxylic acids is 1. The molecule has 37 heavy (non-hydrogen) atoms. The molecule has 0 saturated heterocycles. The fourth-order valence-corrected chi connectivity index (χ4v) is 4.02. The summed E-state index contributed by atoms with van der Waals surface area (Å²) in [6.07, 6.45) is 3.05. The number of rotatable bonds is 8. The molecule has 0 aliphatic rings. The van der Waals surface area contributed by atoms with Crippen LogP contribution in [-0.4, -0.2) is 51.9 Å². The van der Waals surface area contributed by atoms with E-state index in [1.54, 1.807) is 32.3 Å². The van der Waals surface area contributed by atoms with Gasteiger partial charge in [0.2, 0.25) is 5.91 Å². The van der Waals surface area contributed by atoms with Crippen molar-refractivity contribution >= 4 is 28.3 Å². The lowest BCUT2D eigenvalue weighted by Crippen LogP contribution is -2.23. The lowest BCUT2D eigenvalue weighted by atomic mass is 9.99. The normalized spacial score (nSPS) is 11.7. The van der Waals surface area contributed by atoms with E-state index in [0.717, 1.165) is 27.6 Å². The van der Waals surface area contributed by atoms with Gasteiger partial charge in [-0.25, -0.2) is 9.97 Å². The van der Waals surface area contributed by atoms with Crippen molar-refractivity contribution in [2.24, 2.45) is 0 Å². The van der Waals surface area contributed by atoms with Crippen LogP contribution in [0, 0.1) is 17.0 Å². The van der Waals surface area contributed by atoms with Gasteiger partial charge in [-0.2, -0.15) is 0 Å². The van der Waals surface area contributed by atoms with Crippen molar-refractivity contribution in [2.45, 2.75) is 26.3 Å². The number of pyridine rings is 1. The minimum absolute atomic E-state index is 0.0195. The minimum Gasteiger partial charge on any atom is -0.496 e. The Hall–Kier alpha value is -4.60. The Labute approximate surface area is 214 Å². The zero-order valence-corrected chi connectivity index (χ0v) is 21.3. The highest BCUT2D eigenvalue weighted by molar-refractivity contribution is 5.93. The maximum atomic E-state index is 12.4. The summed E-state index contributed by atoms with van der Waals surface area (Å²) in [5, 5.41) is 15.4. The van der Waals surface area contributed by atoms with Crippen molar-refractivity contribution in [1.82, 2.24) is 19.9 Å². The molecule has 10 nitrogen and oxygen atoms in total. The number of carbonyl (C=O) groups is 1. The van der Waals surface area contributed by atoms with Crippen LogP contribution in [0.4, 0.5) is 11.5 Å². The van der Waals surface area contributed by atoms with Gasteiger partial charge in [0.25, 0.3) is 5.69 Å². The molecule has 2 aromatic heterocycles. The summed E-state index contributed by atoms with van der Waals surface area (Å²) in [7, 11) is 5.04. The third-order valence-electron chi connectivity index (χ3n) is 6.07. The average molecular weight is 501 g/mol. The first-order chi connectivity index (χ1) is 17.7. The van der Waals surface area contributed by atoms with Crippen LogP contribution in [0.1, 0.15) is 29.9 Å². The Morgan fingerprint density at radius 1 is 1.11 bits per heavy atom. The number of anilines is 1. The largest absolute Gasteiger partial charge is 0.496 e. The number of likely N-dealkylation sites (N-methyl/N-ethyl adjacent to an activating group) is 1. The summed E-state index contributed by atoms with van der Waals surface area (Å²) in [5.74, 6) is 1.84. The molecular weight excluding hydrogens is 472 g/mol. The van der Waals surface area contributed by atoms with Crippen molar-refractivity contribution < 1.29 is 14.5 Å². The second-order valence-electron chi connectivity index (χ2n) is 8.94. The summed E-state index contributed by atoms with van der Waals surface area (Å²) in [6.45, 7) is 3.71. The minimum atomic E-state index is -0.463. The number of aromatic nitrogens is 3. The molecule has 0 aliphatic carbocycles. The van der Waals surface area contributed by atoms with Crippen LogP contribution in [0.2, 0.25) is 0 Å². The summed E-state index contributed by atoms with van der Waals surface area (Å²) < 4.78 is 5.48. The molecule has 1 amide bonds. The first-order valence-corrected chi connectivity index (χ1v) is 11.7. The van der Waals surface area contributed by atoms with E-state index in [4.69, 9.17) is 4.74 Å². The fraction of sp³-hybridized carbons (Fsp3) is 0.259. The Morgan fingerprint density at radius 3 is 2.54 bits per heavy atom. The van der Waals surface area contributed by atoms with E-state index in [9.17, 15) is 14.9 Å². The Morgan fingerprint density at radius 2 is 1.84 bits per heavy atom. The number of methoxy groups -OCH3 is 1. The molecule has 4 aromatic rings. The van der Waals surface area contributed by atoms with Crippen molar-refractivity contribution in [1.29, 1.82) is 0 Å². The number of hydrogen-bond donors (Lipinski definition) is 1. The number of ether oxygens (including phenoxy) is 1. The lowest BCUT2D eigenvalue weighted by Gasteiger charge is -2.17. The molecule has 0 radical (unpaired) electrons. The molecular formula is C27H28N6O4. The second-order valence-corrected chi connectivity index (χ2v) is 8.94. The first kappa shape index (κ1) is 25.5. The summed E-state index contributed by atoms with van der Waals surface area (Å²) >= 11 is 0. The van der Waals surface area contributed by atoms with Crippen LogP contribution in [0.15, 0.2) is 54.9 Å². The number of fused-ring (bicyclic) bond motifs is 1. The summed E-state index contributed by atoms with van der Waals surface area (Å²) in [6, 6.07) is 12.9. The van der Waals surface area contributed by atoms with E-state index in [1.807, 2.05) is 50.2 Å². The average Bonchev–Trinajstić information content (AvgIpc) is 2.88. The second kappa shape index (κ2) is 10.6. The predicted octanol–water partition coefficient (Wildman–Crippen LogP) is 4.72. The quantitative estimate of drug-likeness (QED) is 0.272. The van der Waals surface area contributed by atoms with Crippen LogP contribution >= 0.6 is 0 Å². The van der Waals surface area contributed by atoms with Gasteiger partial charge < -0.3 is 15.0 Å². The van der Waals surface area contributed by atoms with Crippen LogP contribution < -0.4 is 10.1 Å². The Kier molecular flexibility index (Phi) is 7.28. The SMILES string of the molecule is COc1ccc(-c2ccc3nc(C)nc(N[C@H](C)c4cncc([N+](=O)[O-])c4)c3c2)cc1CC(=O)N(C)C. The number of nitrogens with zero attached hydrogens (tertiary/aromatic N) is 5. The van der Waals surface area contributed by atoms with E-state index in [1.165, 1.54) is 12.3 Å². The van der Waals surface area contributed by atoms with Gasteiger partial charge >= 0.3 is 0 Å². The maximum absolute atomic E-state index is 12.4. The predicted molar refractivity (Wildman–Crippen MR) is 142 cm³/mol. The zero-order chi connectivity index (χ0) is 26.7. The van der Waals surface area contributed by atoms with Gasteiger partial charge in [0.05, 0.1) is 30.0 Å². The van der Waals surface area contributed by atoms with Crippen molar-refractivity contribution in [3.63, 3.8) is 0 Å². The molecule has 0 aliphatic heterocycles. The van der Waals surface area contributed by atoms with Crippen LogP contribution in [0.3, 0.4) is 0 Å².